The molecule has 7 nitrogen and oxygen atoms in total. The van der Waals surface area contributed by atoms with Crippen LogP contribution in [0.3, 0.4) is 0 Å². The van der Waals surface area contributed by atoms with Gasteiger partial charge in [-0.15, -0.1) is 0 Å². The zero-order valence-corrected chi connectivity index (χ0v) is 16.2. The predicted molar refractivity (Wildman–Crippen MR) is 91.2 cm³/mol. The molecule has 0 radical (unpaired) electrons. The lowest BCUT2D eigenvalue weighted by Crippen LogP contribution is -2.52. The van der Waals surface area contributed by atoms with Crippen molar-refractivity contribution in [1.29, 1.82) is 0 Å². The van der Waals surface area contributed by atoms with Crippen LogP contribution in [0.2, 0.25) is 0 Å². The van der Waals surface area contributed by atoms with Gasteiger partial charge < -0.3 is 18.0 Å². The molecule has 0 aliphatic rings. The molecule has 0 aliphatic heterocycles. The first kappa shape index (κ1) is 20.9. The van der Waals surface area contributed by atoms with Gasteiger partial charge in [-0.25, -0.2) is 0 Å². The summed E-state index contributed by atoms with van der Waals surface area (Å²) < 4.78 is 21.1. The Balaban J connectivity index is 3.03. The van der Waals surface area contributed by atoms with Crippen molar-refractivity contribution < 1.29 is 32.4 Å². The first-order valence-corrected chi connectivity index (χ1v) is 9.73. The molecule has 1 aromatic carbocycles. The van der Waals surface area contributed by atoms with Gasteiger partial charge in [-0.05, 0) is 26.3 Å². The van der Waals surface area contributed by atoms with Gasteiger partial charge in [-0.2, -0.15) is 0 Å². The van der Waals surface area contributed by atoms with Crippen molar-refractivity contribution in [3.63, 3.8) is 0 Å². The molecule has 0 saturated carbocycles. The van der Waals surface area contributed by atoms with Crippen molar-refractivity contribution in [2.45, 2.75) is 46.3 Å². The number of carbonyl (C=O) groups excluding carboxylic acids is 3. The molecule has 0 aliphatic carbocycles. The molecule has 1 rings (SSSR count). The minimum atomic E-state index is -3.95. The van der Waals surface area contributed by atoms with Crippen molar-refractivity contribution in [2.24, 2.45) is 0 Å². The van der Waals surface area contributed by atoms with Gasteiger partial charge in [0, 0.05) is 13.8 Å². The van der Waals surface area contributed by atoms with Crippen LogP contribution in [0.15, 0.2) is 30.3 Å². The van der Waals surface area contributed by atoms with E-state index < -0.39 is 32.3 Å². The second-order valence-electron chi connectivity index (χ2n) is 6.41. The molecule has 0 spiro atoms. The first-order valence-electron chi connectivity index (χ1n) is 7.80. The highest BCUT2D eigenvalue weighted by atomic mass is 28.4. The van der Waals surface area contributed by atoms with Crippen molar-refractivity contribution in [3.05, 3.63) is 35.9 Å². The first-order chi connectivity index (χ1) is 11.5. The Bertz CT molecular complexity index is 591. The molecular weight excluding hydrogens is 344 g/mol. The Morgan fingerprint density at radius 2 is 1.44 bits per heavy atom. The van der Waals surface area contributed by atoms with Gasteiger partial charge in [-0.1, -0.05) is 30.3 Å². The molecule has 8 heteroatoms. The van der Waals surface area contributed by atoms with Gasteiger partial charge in [0.25, 0.3) is 11.9 Å². The van der Waals surface area contributed by atoms with Gasteiger partial charge in [0.05, 0.1) is 11.6 Å². The normalized spacial score (nSPS) is 11.6. The van der Waals surface area contributed by atoms with Crippen LogP contribution < -0.4 is 0 Å². The molecule has 0 saturated heterocycles. The molecule has 0 aromatic heterocycles. The van der Waals surface area contributed by atoms with Gasteiger partial charge in [0.15, 0.2) is 0 Å². The van der Waals surface area contributed by atoms with E-state index >= 15 is 0 Å². The van der Waals surface area contributed by atoms with E-state index in [2.05, 4.69) is 0 Å². The van der Waals surface area contributed by atoms with Crippen LogP contribution in [0.25, 0.3) is 0 Å². The standard InChI is InChI=1S/C17H24O7Si/c1-13(18)22-25(23-14(2)19,12-15-9-7-6-8-10-15)24-16(20)11-21-17(3,4)5/h6-10H,11-12H2,1-5H3. The van der Waals surface area contributed by atoms with Crippen LogP contribution in [-0.4, -0.2) is 38.9 Å². The minimum Gasteiger partial charge on any atom is -0.455 e. The van der Waals surface area contributed by atoms with Gasteiger partial charge >= 0.3 is 14.8 Å². The third kappa shape index (κ3) is 8.46. The van der Waals surface area contributed by atoms with Crippen LogP contribution in [0.4, 0.5) is 0 Å². The van der Waals surface area contributed by atoms with Crippen LogP contribution in [0.1, 0.15) is 40.2 Å². The lowest BCUT2D eigenvalue weighted by atomic mass is 10.2. The number of rotatable bonds is 7. The molecule has 25 heavy (non-hydrogen) atoms. The molecule has 0 N–H and O–H groups in total. The number of carbonyl (C=O) groups is 3. The predicted octanol–water partition coefficient (Wildman–Crippen LogP) is 2.19. The SMILES string of the molecule is CC(=O)O[Si](Cc1ccccc1)(OC(C)=O)OC(=O)COC(C)(C)C. The lowest BCUT2D eigenvalue weighted by molar-refractivity contribution is -0.154. The zero-order chi connectivity index (χ0) is 19.1. The maximum absolute atomic E-state index is 12.2. The fourth-order valence-corrected chi connectivity index (χ4v) is 4.29. The summed E-state index contributed by atoms with van der Waals surface area (Å²) in [6, 6.07) is 8.88. The Hall–Kier alpha value is -2.19. The van der Waals surface area contributed by atoms with Crippen LogP contribution >= 0.6 is 0 Å². The second kappa shape index (κ2) is 8.77. The van der Waals surface area contributed by atoms with Crippen molar-refractivity contribution >= 4 is 26.7 Å². The quantitative estimate of drug-likeness (QED) is 0.682. The highest BCUT2D eigenvalue weighted by Gasteiger charge is 2.52. The summed E-state index contributed by atoms with van der Waals surface area (Å²) in [4.78, 5) is 35.2. The topological polar surface area (TPSA) is 88.1 Å². The minimum absolute atomic E-state index is 0.00570. The molecule has 0 heterocycles. The fourth-order valence-electron chi connectivity index (χ4n) is 1.93. The van der Waals surface area contributed by atoms with Crippen molar-refractivity contribution in [3.8, 4) is 0 Å². The summed E-state index contributed by atoms with van der Waals surface area (Å²) in [5, 5.41) is 0. The van der Waals surface area contributed by atoms with E-state index in [9.17, 15) is 14.4 Å². The maximum Gasteiger partial charge on any atom is 0.709 e. The molecule has 138 valence electrons. The van der Waals surface area contributed by atoms with E-state index in [1.807, 2.05) is 6.07 Å². The average molecular weight is 368 g/mol. The molecule has 0 bridgehead atoms. The third-order valence-corrected chi connectivity index (χ3v) is 5.33. The summed E-state index contributed by atoms with van der Waals surface area (Å²) in [5.74, 6) is -2.17. The molecule has 0 atom stereocenters. The monoisotopic (exact) mass is 368 g/mol. The van der Waals surface area contributed by atoms with Gasteiger partial charge in [0.2, 0.25) is 0 Å². The van der Waals surface area contributed by atoms with Crippen molar-refractivity contribution in [1.82, 2.24) is 0 Å². The summed E-state index contributed by atoms with van der Waals surface area (Å²) in [6.07, 6.45) is 0. The molecule has 0 unspecified atom stereocenters. The largest absolute Gasteiger partial charge is 0.709 e. The number of hydrogen-bond acceptors (Lipinski definition) is 7. The lowest BCUT2D eigenvalue weighted by Gasteiger charge is -2.27. The van der Waals surface area contributed by atoms with Crippen LogP contribution in [-0.2, 0) is 38.4 Å². The smallest absolute Gasteiger partial charge is 0.455 e. The van der Waals surface area contributed by atoms with Crippen molar-refractivity contribution in [2.75, 3.05) is 6.61 Å². The van der Waals surface area contributed by atoms with E-state index in [4.69, 9.17) is 18.0 Å². The summed E-state index contributed by atoms with van der Waals surface area (Å²) in [6.45, 7) is 7.33. The Morgan fingerprint density at radius 1 is 0.920 bits per heavy atom. The van der Waals surface area contributed by atoms with Crippen LogP contribution in [0.5, 0.6) is 0 Å². The molecule has 0 fully saturated rings. The highest BCUT2D eigenvalue weighted by molar-refractivity contribution is 6.65. The van der Waals surface area contributed by atoms with E-state index in [0.717, 1.165) is 13.8 Å². The van der Waals surface area contributed by atoms with Gasteiger partial charge in [0.1, 0.15) is 6.61 Å². The van der Waals surface area contributed by atoms with Crippen LogP contribution in [0, 0.1) is 0 Å². The highest BCUT2D eigenvalue weighted by Crippen LogP contribution is 2.19. The summed E-state index contributed by atoms with van der Waals surface area (Å²) in [5.41, 5.74) is 0.159. The van der Waals surface area contributed by atoms with E-state index in [-0.39, 0.29) is 12.7 Å². The second-order valence-corrected chi connectivity index (χ2v) is 8.74. The fraction of sp³-hybridized carbons (Fsp3) is 0.471. The summed E-state index contributed by atoms with van der Waals surface area (Å²) in [7, 11) is -3.95. The Kier molecular flexibility index (Phi) is 7.32. The zero-order valence-electron chi connectivity index (χ0n) is 15.2. The molecule has 0 amide bonds. The third-order valence-electron chi connectivity index (χ3n) is 2.75. The van der Waals surface area contributed by atoms with Gasteiger partial charge in [-0.3, -0.25) is 14.4 Å². The van der Waals surface area contributed by atoms with E-state index in [0.29, 0.717) is 5.56 Å². The number of ether oxygens (including phenoxy) is 1. The number of benzene rings is 1. The Labute approximate surface area is 148 Å². The molecular formula is C17H24O7Si. The Morgan fingerprint density at radius 3 is 1.88 bits per heavy atom. The molecule has 1 aromatic rings. The maximum atomic E-state index is 12.2. The average Bonchev–Trinajstić information content (AvgIpc) is 2.43. The van der Waals surface area contributed by atoms with E-state index in [1.54, 1.807) is 45.0 Å². The summed E-state index contributed by atoms with van der Waals surface area (Å²) >= 11 is 0. The number of hydrogen-bond donors (Lipinski definition) is 0. The van der Waals surface area contributed by atoms with E-state index in [1.165, 1.54) is 0 Å².